The maximum atomic E-state index is 12.2. The van der Waals surface area contributed by atoms with Gasteiger partial charge >= 0.3 is 5.97 Å². The van der Waals surface area contributed by atoms with Crippen LogP contribution in [0.25, 0.3) is 0 Å². The Hall–Kier alpha value is -1.10. The molecule has 0 bridgehead atoms. The lowest BCUT2D eigenvalue weighted by atomic mass is 9.93. The van der Waals surface area contributed by atoms with E-state index >= 15 is 0 Å². The van der Waals surface area contributed by atoms with Crippen molar-refractivity contribution in [3.8, 4) is 0 Å². The average Bonchev–Trinajstić information content (AvgIpc) is 2.28. The number of hydrogen-bond donors (Lipinski definition) is 0. The molecule has 0 aromatic rings. The van der Waals surface area contributed by atoms with Gasteiger partial charge in [-0.3, -0.25) is 14.5 Å². The van der Waals surface area contributed by atoms with E-state index < -0.39 is 6.04 Å². The average molecular weight is 242 g/mol. The molecule has 0 N–H and O–H groups in total. The summed E-state index contributed by atoms with van der Waals surface area (Å²) in [6.45, 7) is 5.72. The van der Waals surface area contributed by atoms with Crippen molar-refractivity contribution >= 4 is 11.9 Å². The Morgan fingerprint density at radius 3 is 2.53 bits per heavy atom. The van der Waals surface area contributed by atoms with E-state index in [2.05, 4.69) is 18.6 Å². The quantitative estimate of drug-likeness (QED) is 0.656. The second kappa shape index (κ2) is 5.04. The van der Waals surface area contributed by atoms with Gasteiger partial charge in [-0.15, -0.1) is 0 Å². The summed E-state index contributed by atoms with van der Waals surface area (Å²) in [5, 5.41) is 0. The van der Waals surface area contributed by atoms with Crippen LogP contribution in [0.1, 0.15) is 20.3 Å². The van der Waals surface area contributed by atoms with E-state index in [1.807, 2.05) is 11.9 Å². The van der Waals surface area contributed by atoms with Gasteiger partial charge in [-0.2, -0.15) is 0 Å². The van der Waals surface area contributed by atoms with Crippen molar-refractivity contribution in [1.82, 2.24) is 9.80 Å². The van der Waals surface area contributed by atoms with Crippen LogP contribution >= 0.6 is 0 Å². The Morgan fingerprint density at radius 1 is 1.41 bits per heavy atom. The van der Waals surface area contributed by atoms with Crippen LogP contribution in [0.3, 0.4) is 0 Å². The molecule has 5 nitrogen and oxygen atoms in total. The first kappa shape index (κ1) is 14.0. The number of carbonyl (C=O) groups excluding carboxylic acids is 2. The lowest BCUT2D eigenvalue weighted by Gasteiger charge is -2.28. The van der Waals surface area contributed by atoms with Crippen LogP contribution in [-0.2, 0) is 14.3 Å². The van der Waals surface area contributed by atoms with Crippen molar-refractivity contribution in [2.45, 2.75) is 26.3 Å². The van der Waals surface area contributed by atoms with Gasteiger partial charge in [0.25, 0.3) is 0 Å². The summed E-state index contributed by atoms with van der Waals surface area (Å²) in [4.78, 5) is 27.2. The lowest BCUT2D eigenvalue weighted by molar-refractivity contribution is -0.146. The first-order valence-corrected chi connectivity index (χ1v) is 5.79. The molecule has 98 valence electrons. The molecular weight excluding hydrogens is 220 g/mol. The van der Waals surface area contributed by atoms with Crippen LogP contribution in [0.4, 0.5) is 0 Å². The Bertz CT molecular complexity index is 315. The van der Waals surface area contributed by atoms with E-state index in [4.69, 9.17) is 0 Å². The number of hydrogen-bond acceptors (Lipinski definition) is 4. The van der Waals surface area contributed by atoms with E-state index in [-0.39, 0.29) is 23.7 Å². The number of carbonyl (C=O) groups is 2. The highest BCUT2D eigenvalue weighted by atomic mass is 16.5. The van der Waals surface area contributed by atoms with Gasteiger partial charge in [0.05, 0.1) is 19.6 Å². The predicted octanol–water partition coefficient (Wildman–Crippen LogP) is 0.348. The zero-order valence-electron chi connectivity index (χ0n) is 11.3. The van der Waals surface area contributed by atoms with Crippen molar-refractivity contribution in [3.63, 3.8) is 0 Å². The fourth-order valence-corrected chi connectivity index (χ4v) is 2.48. The van der Waals surface area contributed by atoms with Crippen molar-refractivity contribution < 1.29 is 14.3 Å². The molecule has 1 atom stereocenters. The first-order chi connectivity index (χ1) is 7.76. The number of esters is 1. The molecule has 0 aromatic heterocycles. The highest BCUT2D eigenvalue weighted by Gasteiger charge is 2.37. The normalized spacial score (nSPS) is 25.6. The van der Waals surface area contributed by atoms with Gasteiger partial charge in [0, 0.05) is 20.1 Å². The molecule has 0 saturated carbocycles. The summed E-state index contributed by atoms with van der Waals surface area (Å²) in [6.07, 6.45) is 0.117. The molecule has 0 radical (unpaired) electrons. The van der Waals surface area contributed by atoms with Crippen molar-refractivity contribution in [3.05, 3.63) is 0 Å². The molecule has 5 heteroatoms. The molecule has 0 spiro atoms. The van der Waals surface area contributed by atoms with Crippen LogP contribution in [-0.4, -0.2) is 62.0 Å². The van der Waals surface area contributed by atoms with Gasteiger partial charge in [-0.1, -0.05) is 13.8 Å². The molecule has 1 amide bonds. The number of ether oxygens (including phenoxy) is 1. The minimum absolute atomic E-state index is 0.0107. The number of rotatable bonds is 2. The van der Waals surface area contributed by atoms with E-state index in [0.717, 1.165) is 6.54 Å². The highest BCUT2D eigenvalue weighted by Crippen LogP contribution is 2.24. The third kappa shape index (κ3) is 3.43. The second-order valence-corrected chi connectivity index (χ2v) is 5.57. The molecule has 0 aromatic carbocycles. The topological polar surface area (TPSA) is 49.9 Å². The van der Waals surface area contributed by atoms with Crippen LogP contribution in [0, 0.1) is 5.41 Å². The third-order valence-electron chi connectivity index (χ3n) is 3.12. The monoisotopic (exact) mass is 242 g/mol. The van der Waals surface area contributed by atoms with Crippen LogP contribution < -0.4 is 0 Å². The Balaban J connectivity index is 2.87. The largest absolute Gasteiger partial charge is 0.469 e. The molecule has 1 heterocycles. The number of amides is 1. The van der Waals surface area contributed by atoms with Gasteiger partial charge in [0.2, 0.25) is 5.91 Å². The van der Waals surface area contributed by atoms with E-state index in [0.29, 0.717) is 6.54 Å². The maximum absolute atomic E-state index is 12.2. The second-order valence-electron chi connectivity index (χ2n) is 5.57. The number of nitrogens with zero attached hydrogens (tertiary/aromatic N) is 2. The molecule has 0 aliphatic carbocycles. The van der Waals surface area contributed by atoms with Gasteiger partial charge in [-0.05, 0) is 12.5 Å². The maximum Gasteiger partial charge on any atom is 0.307 e. The standard InChI is InChI=1S/C12H22N2O3/c1-12(2)7-13(3)9(6-10(15)17-5)11(16)14(4)8-12/h9H,6-8H2,1-5H3. The van der Waals surface area contributed by atoms with E-state index in [1.54, 1.807) is 11.9 Å². The Labute approximate surface area is 103 Å². The lowest BCUT2D eigenvalue weighted by Crippen LogP contribution is -2.44. The fourth-order valence-electron chi connectivity index (χ4n) is 2.48. The van der Waals surface area contributed by atoms with Crippen LogP contribution in [0.2, 0.25) is 0 Å². The highest BCUT2D eigenvalue weighted by molar-refractivity contribution is 5.86. The molecule has 1 rings (SSSR count). The van der Waals surface area contributed by atoms with E-state index in [9.17, 15) is 9.59 Å². The Morgan fingerprint density at radius 2 is 2.00 bits per heavy atom. The van der Waals surface area contributed by atoms with Gasteiger partial charge in [0.15, 0.2) is 0 Å². The van der Waals surface area contributed by atoms with Gasteiger partial charge < -0.3 is 9.64 Å². The number of likely N-dealkylation sites (N-methyl/N-ethyl adjacent to an activating group) is 2. The summed E-state index contributed by atoms with van der Waals surface area (Å²) in [6, 6.07) is -0.408. The smallest absolute Gasteiger partial charge is 0.307 e. The molecule has 1 saturated heterocycles. The van der Waals surface area contributed by atoms with Crippen LogP contribution in [0.15, 0.2) is 0 Å². The summed E-state index contributed by atoms with van der Waals surface area (Å²) >= 11 is 0. The minimum Gasteiger partial charge on any atom is -0.469 e. The predicted molar refractivity (Wildman–Crippen MR) is 64.5 cm³/mol. The first-order valence-electron chi connectivity index (χ1n) is 5.79. The minimum atomic E-state index is -0.408. The fraction of sp³-hybridized carbons (Fsp3) is 0.833. The molecule has 17 heavy (non-hydrogen) atoms. The molecule has 1 fully saturated rings. The number of methoxy groups -OCH3 is 1. The molecule has 1 aliphatic rings. The zero-order valence-corrected chi connectivity index (χ0v) is 11.3. The molecular formula is C12H22N2O3. The van der Waals surface area contributed by atoms with Gasteiger partial charge in [0.1, 0.15) is 0 Å². The summed E-state index contributed by atoms with van der Waals surface area (Å²) < 4.78 is 4.64. The van der Waals surface area contributed by atoms with Crippen molar-refractivity contribution in [2.75, 3.05) is 34.3 Å². The SMILES string of the molecule is COC(=O)CC1C(=O)N(C)CC(C)(C)CN1C. The zero-order chi connectivity index (χ0) is 13.2. The van der Waals surface area contributed by atoms with Crippen molar-refractivity contribution in [1.29, 1.82) is 0 Å². The molecule has 1 unspecified atom stereocenters. The third-order valence-corrected chi connectivity index (χ3v) is 3.12. The Kier molecular flexibility index (Phi) is 4.14. The molecule has 1 aliphatic heterocycles. The summed E-state index contributed by atoms with van der Waals surface area (Å²) in [7, 11) is 5.01. The van der Waals surface area contributed by atoms with E-state index in [1.165, 1.54) is 7.11 Å². The summed E-state index contributed by atoms with van der Waals surface area (Å²) in [5.74, 6) is -0.355. The van der Waals surface area contributed by atoms with Gasteiger partial charge in [-0.25, -0.2) is 0 Å². The van der Waals surface area contributed by atoms with Crippen LogP contribution in [0.5, 0.6) is 0 Å². The van der Waals surface area contributed by atoms with Crippen molar-refractivity contribution in [2.24, 2.45) is 5.41 Å². The summed E-state index contributed by atoms with van der Waals surface area (Å²) in [5.41, 5.74) is 0.0318.